The van der Waals surface area contributed by atoms with E-state index in [4.69, 9.17) is 23.8 Å². The quantitative estimate of drug-likeness (QED) is 0.159. The van der Waals surface area contributed by atoms with Crippen LogP contribution in [0.5, 0.6) is 0 Å². The van der Waals surface area contributed by atoms with E-state index in [0.717, 1.165) is 112 Å². The van der Waals surface area contributed by atoms with Gasteiger partial charge in [0.2, 0.25) is 0 Å². The molecule has 0 saturated carbocycles. The van der Waals surface area contributed by atoms with Gasteiger partial charge in [-0.05, 0) is 89.2 Å². The first-order chi connectivity index (χ1) is 34.2. The van der Waals surface area contributed by atoms with E-state index in [0.29, 0.717) is 17.5 Å². The van der Waals surface area contributed by atoms with E-state index < -0.39 is 0 Å². The second-order valence-corrected chi connectivity index (χ2v) is 17.8. The molecule has 0 aliphatic heterocycles. The molecule has 0 fully saturated rings. The molecule has 6 nitrogen and oxygen atoms in total. The summed E-state index contributed by atoms with van der Waals surface area (Å²) in [5.74, 6) is 1.71. The van der Waals surface area contributed by atoms with Gasteiger partial charge < -0.3 is 13.4 Å². The van der Waals surface area contributed by atoms with Crippen LogP contribution in [0, 0.1) is 0 Å². The summed E-state index contributed by atoms with van der Waals surface area (Å²) in [4.78, 5) is 15.5. The number of benzene rings is 9. The average molecular weight is 885 g/mol. The molecule has 9 aromatic carbocycles. The lowest BCUT2D eigenvalue weighted by atomic mass is 9.95. The Hall–Kier alpha value is -9.13. The van der Waals surface area contributed by atoms with E-state index in [1.807, 2.05) is 48.5 Å². The van der Waals surface area contributed by atoms with Crippen molar-refractivity contribution in [2.45, 2.75) is 12.8 Å². The highest BCUT2D eigenvalue weighted by Gasteiger charge is 2.24. The highest BCUT2D eigenvalue weighted by molar-refractivity contribution is 6.20. The molecule has 4 aromatic heterocycles. The number of hydrogen-bond acceptors (Lipinski definition) is 5. The third-order valence-electron chi connectivity index (χ3n) is 13.7. The fourth-order valence-corrected chi connectivity index (χ4v) is 10.5. The van der Waals surface area contributed by atoms with Crippen molar-refractivity contribution in [2.24, 2.45) is 0 Å². The van der Waals surface area contributed by atoms with Crippen molar-refractivity contribution in [1.29, 1.82) is 0 Å². The molecule has 14 rings (SSSR count). The summed E-state index contributed by atoms with van der Waals surface area (Å²) < 4.78 is 16.2. The molecule has 4 heterocycles. The van der Waals surface area contributed by atoms with Crippen molar-refractivity contribution in [3.05, 3.63) is 224 Å². The van der Waals surface area contributed by atoms with Crippen LogP contribution in [0.4, 0.5) is 0 Å². The number of furan rings is 2. The Kier molecular flexibility index (Phi) is 8.92. The van der Waals surface area contributed by atoms with Gasteiger partial charge in [0.25, 0.3) is 0 Å². The predicted octanol–water partition coefficient (Wildman–Crippen LogP) is 16.8. The largest absolute Gasteiger partial charge is 0.456 e. The van der Waals surface area contributed by atoms with Crippen LogP contribution in [-0.4, -0.2) is 19.5 Å². The minimum Gasteiger partial charge on any atom is -0.456 e. The molecule has 0 amide bonds. The molecule has 13 aromatic rings. The first-order valence-corrected chi connectivity index (χ1v) is 23.5. The van der Waals surface area contributed by atoms with Gasteiger partial charge in [-0.3, -0.25) is 0 Å². The van der Waals surface area contributed by atoms with Crippen LogP contribution in [0.3, 0.4) is 0 Å². The highest BCUT2D eigenvalue weighted by Crippen LogP contribution is 2.46. The molecule has 0 N–H and O–H groups in total. The third-order valence-corrected chi connectivity index (χ3v) is 13.7. The number of rotatable bonds is 7. The molecule has 1 aliphatic carbocycles. The molecule has 6 heteroatoms. The van der Waals surface area contributed by atoms with Crippen LogP contribution in [0.1, 0.15) is 18.4 Å². The number of hydrogen-bond donors (Lipinski definition) is 0. The van der Waals surface area contributed by atoms with Gasteiger partial charge in [0.15, 0.2) is 17.5 Å². The predicted molar refractivity (Wildman–Crippen MR) is 282 cm³/mol. The topological polar surface area (TPSA) is 69.9 Å². The van der Waals surface area contributed by atoms with Crippen LogP contribution in [0.2, 0.25) is 0 Å². The minimum absolute atomic E-state index is 0.541. The Labute approximate surface area is 396 Å². The van der Waals surface area contributed by atoms with Crippen molar-refractivity contribution in [2.75, 3.05) is 0 Å². The number of nitrogens with zero attached hydrogens (tertiary/aromatic N) is 4. The maximum Gasteiger partial charge on any atom is 0.164 e. The van der Waals surface area contributed by atoms with Gasteiger partial charge >= 0.3 is 0 Å². The molecule has 0 unspecified atom stereocenters. The smallest absolute Gasteiger partial charge is 0.164 e. The normalized spacial score (nSPS) is 12.8. The maximum atomic E-state index is 7.08. The Morgan fingerprint density at radius 3 is 1.80 bits per heavy atom. The fourth-order valence-electron chi connectivity index (χ4n) is 10.5. The number of allylic oxidation sites excluding steroid dienone is 4. The van der Waals surface area contributed by atoms with Gasteiger partial charge in [0, 0.05) is 49.2 Å². The van der Waals surface area contributed by atoms with Crippen molar-refractivity contribution in [1.82, 2.24) is 19.5 Å². The van der Waals surface area contributed by atoms with Crippen LogP contribution < -0.4 is 0 Å². The van der Waals surface area contributed by atoms with E-state index in [1.165, 1.54) is 21.9 Å². The highest BCUT2D eigenvalue weighted by atomic mass is 16.3. The molecule has 0 radical (unpaired) electrons. The standard InChI is InChI=1S/C63H40N4O2/c1-4-16-39(17-5-1)41-30-32-43(33-31-41)62-64-61(42-20-8-3-9-21-42)65-63(66-62)45-37-51(58-48-23-11-13-28-55(48)68-57(58)38-45)47-24-14-25-49-59-54(27-15-29-56(59)69-60(47)49)67-52-26-12-10-22-46(52)50-36-44(34-35-53(50)67)40-18-6-2-7-19-40/h1,3-6,8-38H,2,7H2. The molecule has 324 valence electrons. The van der Waals surface area contributed by atoms with E-state index in [2.05, 4.69) is 174 Å². The molecule has 0 saturated heterocycles. The van der Waals surface area contributed by atoms with Gasteiger partial charge in [-0.1, -0.05) is 170 Å². The van der Waals surface area contributed by atoms with Gasteiger partial charge in [0.1, 0.15) is 22.3 Å². The lowest BCUT2D eigenvalue weighted by Crippen LogP contribution is -2.00. The molecule has 0 spiro atoms. The zero-order valence-electron chi connectivity index (χ0n) is 37.3. The number of aromatic nitrogens is 4. The first-order valence-electron chi connectivity index (χ1n) is 23.5. The maximum absolute atomic E-state index is 7.08. The van der Waals surface area contributed by atoms with Crippen molar-refractivity contribution in [3.63, 3.8) is 0 Å². The third kappa shape index (κ3) is 6.45. The number of para-hydroxylation sites is 3. The lowest BCUT2D eigenvalue weighted by molar-refractivity contribution is 0.668. The first kappa shape index (κ1) is 39.1. The molecular weight excluding hydrogens is 845 g/mol. The van der Waals surface area contributed by atoms with Crippen molar-refractivity contribution >= 4 is 71.3 Å². The summed E-state index contributed by atoms with van der Waals surface area (Å²) in [5.41, 5.74) is 15.8. The van der Waals surface area contributed by atoms with E-state index in [-0.39, 0.29) is 0 Å². The Morgan fingerprint density at radius 2 is 1.00 bits per heavy atom. The summed E-state index contributed by atoms with van der Waals surface area (Å²) in [6.45, 7) is 0. The van der Waals surface area contributed by atoms with E-state index >= 15 is 0 Å². The van der Waals surface area contributed by atoms with Gasteiger partial charge in [-0.25, -0.2) is 15.0 Å². The lowest BCUT2D eigenvalue weighted by Gasteiger charge is -2.12. The summed E-state index contributed by atoms with van der Waals surface area (Å²) in [6.07, 6.45) is 9.03. The van der Waals surface area contributed by atoms with Crippen LogP contribution in [-0.2, 0) is 0 Å². The zero-order valence-corrected chi connectivity index (χ0v) is 37.3. The fraction of sp³-hybridized carbons (Fsp3) is 0.0317. The number of fused-ring (bicyclic) bond motifs is 9. The van der Waals surface area contributed by atoms with E-state index in [9.17, 15) is 0 Å². The monoisotopic (exact) mass is 884 g/mol. The van der Waals surface area contributed by atoms with E-state index in [1.54, 1.807) is 0 Å². The Bertz CT molecular complexity index is 4230. The zero-order chi connectivity index (χ0) is 45.4. The second kappa shape index (κ2) is 15.8. The second-order valence-electron chi connectivity index (χ2n) is 17.8. The Morgan fingerprint density at radius 1 is 0.377 bits per heavy atom. The summed E-state index contributed by atoms with van der Waals surface area (Å²) >= 11 is 0. The summed E-state index contributed by atoms with van der Waals surface area (Å²) in [6, 6.07) is 69.9. The van der Waals surface area contributed by atoms with Crippen LogP contribution in [0.25, 0.3) is 133 Å². The minimum atomic E-state index is 0.541. The molecule has 1 aliphatic rings. The summed E-state index contributed by atoms with van der Waals surface area (Å²) in [5, 5.41) is 6.53. The SMILES string of the molecule is C1=CC(c2ccc3c(c2)c2ccccc2n3-c2cccc3oc4c(-c5cc(-c6nc(-c7ccccc7)nc(-c7ccc(-c8ccccc8)cc7)n6)cc6oc7ccccc7c56)cccc4c23)=CCC1. The van der Waals surface area contributed by atoms with Crippen molar-refractivity contribution in [3.8, 4) is 62.1 Å². The van der Waals surface area contributed by atoms with Crippen LogP contribution >= 0.6 is 0 Å². The molecule has 0 atom stereocenters. The molecule has 0 bridgehead atoms. The van der Waals surface area contributed by atoms with Gasteiger partial charge in [0.05, 0.1) is 22.1 Å². The van der Waals surface area contributed by atoms with Gasteiger partial charge in [-0.2, -0.15) is 0 Å². The molecular formula is C63H40N4O2. The van der Waals surface area contributed by atoms with Crippen LogP contribution in [0.15, 0.2) is 227 Å². The Balaban J connectivity index is 0.975. The summed E-state index contributed by atoms with van der Waals surface area (Å²) in [7, 11) is 0. The molecule has 69 heavy (non-hydrogen) atoms. The van der Waals surface area contributed by atoms with Gasteiger partial charge in [-0.15, -0.1) is 0 Å². The van der Waals surface area contributed by atoms with Crippen molar-refractivity contribution < 1.29 is 8.83 Å². The average Bonchev–Trinajstić information content (AvgIpc) is 4.11.